The Morgan fingerprint density at radius 2 is 1.76 bits per heavy atom. The third kappa shape index (κ3) is 5.16. The minimum absolute atomic E-state index is 0.304. The van der Waals surface area contributed by atoms with Crippen LogP contribution in [0.2, 0.25) is 0 Å². The number of alkyl halides is 3. The number of halogens is 3. The van der Waals surface area contributed by atoms with Crippen LogP contribution in [0.4, 0.5) is 13.2 Å². The van der Waals surface area contributed by atoms with E-state index in [-0.39, 0.29) is 0 Å². The molecule has 1 atom stereocenters. The molecule has 0 bridgehead atoms. The van der Waals surface area contributed by atoms with Crippen LogP contribution in [-0.4, -0.2) is 20.7 Å². The van der Waals surface area contributed by atoms with Gasteiger partial charge in [0, 0.05) is 6.42 Å². The van der Waals surface area contributed by atoms with Crippen LogP contribution in [0, 0.1) is 0 Å². The van der Waals surface area contributed by atoms with E-state index in [1.54, 1.807) is 18.2 Å². The standard InChI is InChI=1S/C9H10F3NO3S/c10-9(11,12)8(16-17(13,14)15)6-7-4-2-1-3-5-7/h1-5,8H,6H2,(H2,13,14,15). The maximum Gasteiger partial charge on any atom is 0.416 e. The molecule has 1 rings (SSSR count). The smallest absolute Gasteiger partial charge is 0.245 e. The van der Waals surface area contributed by atoms with Crippen LogP contribution in [0.25, 0.3) is 0 Å². The second-order valence-corrected chi connectivity index (χ2v) is 4.49. The largest absolute Gasteiger partial charge is 0.416 e. The van der Waals surface area contributed by atoms with Gasteiger partial charge in [0.25, 0.3) is 0 Å². The summed E-state index contributed by atoms with van der Waals surface area (Å²) in [6.45, 7) is 0. The Morgan fingerprint density at radius 1 is 1.24 bits per heavy atom. The van der Waals surface area contributed by atoms with Gasteiger partial charge in [-0.2, -0.15) is 21.6 Å². The van der Waals surface area contributed by atoms with Crippen LogP contribution in [0.5, 0.6) is 0 Å². The number of rotatable bonds is 4. The van der Waals surface area contributed by atoms with Gasteiger partial charge in [0.05, 0.1) is 0 Å². The summed E-state index contributed by atoms with van der Waals surface area (Å²) >= 11 is 0. The molecule has 0 amide bonds. The van der Waals surface area contributed by atoms with Gasteiger partial charge in [-0.05, 0) is 5.56 Å². The second kappa shape index (κ2) is 5.03. The van der Waals surface area contributed by atoms with Gasteiger partial charge >= 0.3 is 16.5 Å². The fraction of sp³-hybridized carbons (Fsp3) is 0.333. The van der Waals surface area contributed by atoms with E-state index in [4.69, 9.17) is 0 Å². The summed E-state index contributed by atoms with van der Waals surface area (Å²) in [6.07, 6.45) is -7.89. The summed E-state index contributed by atoms with van der Waals surface area (Å²) < 4.78 is 62.4. The fourth-order valence-electron chi connectivity index (χ4n) is 1.19. The lowest BCUT2D eigenvalue weighted by molar-refractivity contribution is -0.193. The van der Waals surface area contributed by atoms with Crippen LogP contribution in [-0.2, 0) is 20.9 Å². The van der Waals surface area contributed by atoms with E-state index in [0.717, 1.165) is 0 Å². The topological polar surface area (TPSA) is 69.4 Å². The SMILES string of the molecule is NS(=O)(=O)OC(Cc1ccccc1)C(F)(F)F. The third-order valence-electron chi connectivity index (χ3n) is 1.88. The fourth-order valence-corrected chi connectivity index (χ4v) is 1.70. The summed E-state index contributed by atoms with van der Waals surface area (Å²) in [5.41, 5.74) is 0.304. The van der Waals surface area contributed by atoms with Crippen molar-refractivity contribution in [2.75, 3.05) is 0 Å². The molecule has 0 heterocycles. The molecule has 1 unspecified atom stereocenters. The van der Waals surface area contributed by atoms with Crippen LogP contribution in [0.1, 0.15) is 5.56 Å². The van der Waals surface area contributed by atoms with E-state index in [0.29, 0.717) is 5.56 Å². The van der Waals surface area contributed by atoms with Crippen molar-refractivity contribution in [2.45, 2.75) is 18.7 Å². The lowest BCUT2D eigenvalue weighted by atomic mass is 10.1. The van der Waals surface area contributed by atoms with Crippen LogP contribution in [0.15, 0.2) is 30.3 Å². The van der Waals surface area contributed by atoms with Gasteiger partial charge < -0.3 is 0 Å². The molecule has 0 saturated heterocycles. The molecule has 1 aromatic rings. The molecular formula is C9H10F3NO3S. The molecule has 96 valence electrons. The first-order chi connectivity index (χ1) is 7.68. The van der Waals surface area contributed by atoms with E-state index in [9.17, 15) is 21.6 Å². The molecule has 0 aliphatic heterocycles. The maximum atomic E-state index is 12.5. The highest BCUT2D eigenvalue weighted by atomic mass is 32.2. The summed E-state index contributed by atoms with van der Waals surface area (Å²) in [5, 5.41) is 4.44. The zero-order valence-electron chi connectivity index (χ0n) is 8.52. The highest BCUT2D eigenvalue weighted by Gasteiger charge is 2.43. The monoisotopic (exact) mass is 269 g/mol. The molecule has 0 aromatic heterocycles. The first-order valence-corrected chi connectivity index (χ1v) is 5.97. The van der Waals surface area contributed by atoms with E-state index >= 15 is 0 Å². The Bertz CT molecular complexity index is 458. The first-order valence-electron chi connectivity index (χ1n) is 4.50. The normalized spacial score (nSPS) is 14.6. The average molecular weight is 269 g/mol. The Morgan fingerprint density at radius 3 is 2.18 bits per heavy atom. The molecule has 2 N–H and O–H groups in total. The highest BCUT2D eigenvalue weighted by Crippen LogP contribution is 2.26. The molecule has 17 heavy (non-hydrogen) atoms. The van der Waals surface area contributed by atoms with Gasteiger partial charge in [-0.1, -0.05) is 30.3 Å². The quantitative estimate of drug-likeness (QED) is 0.897. The van der Waals surface area contributed by atoms with Crippen LogP contribution in [0.3, 0.4) is 0 Å². The second-order valence-electron chi connectivity index (χ2n) is 3.31. The molecule has 0 fully saturated rings. The molecule has 4 nitrogen and oxygen atoms in total. The van der Waals surface area contributed by atoms with E-state index in [1.165, 1.54) is 12.1 Å². The highest BCUT2D eigenvalue weighted by molar-refractivity contribution is 7.84. The van der Waals surface area contributed by atoms with Crippen molar-refractivity contribution in [2.24, 2.45) is 5.14 Å². The van der Waals surface area contributed by atoms with Gasteiger partial charge in [-0.3, -0.25) is 0 Å². The maximum absolute atomic E-state index is 12.5. The lowest BCUT2D eigenvalue weighted by Gasteiger charge is -2.19. The van der Waals surface area contributed by atoms with E-state index < -0.39 is 29.0 Å². The Balaban J connectivity index is 2.86. The van der Waals surface area contributed by atoms with Crippen molar-refractivity contribution in [1.82, 2.24) is 0 Å². The van der Waals surface area contributed by atoms with Crippen molar-refractivity contribution in [3.8, 4) is 0 Å². The zero-order chi connectivity index (χ0) is 13.1. The minimum atomic E-state index is -4.80. The Kier molecular flexibility index (Phi) is 4.12. The van der Waals surface area contributed by atoms with E-state index in [2.05, 4.69) is 9.32 Å². The predicted molar refractivity (Wildman–Crippen MR) is 54.2 cm³/mol. The van der Waals surface area contributed by atoms with Crippen molar-refractivity contribution in [1.29, 1.82) is 0 Å². The van der Waals surface area contributed by atoms with Gasteiger partial charge in [-0.15, -0.1) is 0 Å². The molecule has 0 aliphatic rings. The summed E-state index contributed by atoms with van der Waals surface area (Å²) in [6, 6.07) is 7.59. The summed E-state index contributed by atoms with van der Waals surface area (Å²) in [7, 11) is -4.65. The summed E-state index contributed by atoms with van der Waals surface area (Å²) in [5.74, 6) is 0. The van der Waals surface area contributed by atoms with Gasteiger partial charge in [0.15, 0.2) is 6.10 Å². The molecular weight excluding hydrogens is 259 g/mol. The van der Waals surface area contributed by atoms with Crippen molar-refractivity contribution >= 4 is 10.3 Å². The summed E-state index contributed by atoms with van der Waals surface area (Å²) in [4.78, 5) is 0. The van der Waals surface area contributed by atoms with Crippen molar-refractivity contribution in [3.63, 3.8) is 0 Å². The molecule has 1 aromatic carbocycles. The third-order valence-corrected chi connectivity index (χ3v) is 2.38. The molecule has 0 spiro atoms. The van der Waals surface area contributed by atoms with Gasteiger partial charge in [-0.25, -0.2) is 9.32 Å². The molecule has 0 saturated carbocycles. The first kappa shape index (κ1) is 13.9. The van der Waals surface area contributed by atoms with Gasteiger partial charge in [0.1, 0.15) is 0 Å². The number of nitrogens with two attached hydrogens (primary N) is 1. The lowest BCUT2D eigenvalue weighted by Crippen LogP contribution is -2.37. The van der Waals surface area contributed by atoms with Crippen LogP contribution < -0.4 is 5.14 Å². The average Bonchev–Trinajstić information content (AvgIpc) is 2.15. The molecule has 0 radical (unpaired) electrons. The Hall–Kier alpha value is -1.12. The Labute approximate surface area is 96.4 Å². The number of hydrogen-bond donors (Lipinski definition) is 1. The molecule has 8 heteroatoms. The van der Waals surface area contributed by atoms with E-state index in [1.807, 2.05) is 0 Å². The molecule has 0 aliphatic carbocycles. The number of hydrogen-bond acceptors (Lipinski definition) is 3. The minimum Gasteiger partial charge on any atom is -0.245 e. The van der Waals surface area contributed by atoms with Gasteiger partial charge in [0.2, 0.25) is 0 Å². The number of benzene rings is 1. The van der Waals surface area contributed by atoms with Crippen molar-refractivity contribution < 1.29 is 25.8 Å². The predicted octanol–water partition coefficient (Wildman–Crippen LogP) is 1.38. The van der Waals surface area contributed by atoms with Crippen molar-refractivity contribution in [3.05, 3.63) is 35.9 Å². The zero-order valence-corrected chi connectivity index (χ0v) is 9.33. The van der Waals surface area contributed by atoms with Crippen LogP contribution >= 0.6 is 0 Å².